The van der Waals surface area contributed by atoms with Crippen molar-refractivity contribution in [3.05, 3.63) is 12.7 Å². The summed E-state index contributed by atoms with van der Waals surface area (Å²) in [6.07, 6.45) is 3.65. The standard InChI is InChI=1S/C8H15NO/c1-3-4-7(2)10-8-5-9-6-8/h3,7-9H,1,4-6H2,2H3. The Hall–Kier alpha value is -0.340. The van der Waals surface area contributed by atoms with Gasteiger partial charge in [-0.2, -0.15) is 0 Å². The van der Waals surface area contributed by atoms with Gasteiger partial charge in [0.15, 0.2) is 0 Å². The highest BCUT2D eigenvalue weighted by Gasteiger charge is 2.18. The van der Waals surface area contributed by atoms with Crippen LogP contribution < -0.4 is 5.32 Å². The molecule has 0 aromatic carbocycles. The van der Waals surface area contributed by atoms with Crippen LogP contribution >= 0.6 is 0 Å². The summed E-state index contributed by atoms with van der Waals surface area (Å²) in [6.45, 7) is 7.77. The fraction of sp³-hybridized carbons (Fsp3) is 0.750. The Labute approximate surface area is 62.3 Å². The molecule has 2 heteroatoms. The molecule has 0 radical (unpaired) electrons. The smallest absolute Gasteiger partial charge is 0.0827 e. The van der Waals surface area contributed by atoms with Crippen molar-refractivity contribution in [3.63, 3.8) is 0 Å². The van der Waals surface area contributed by atoms with E-state index in [1.165, 1.54) is 0 Å². The molecular formula is C8H15NO. The van der Waals surface area contributed by atoms with Crippen LogP contribution in [0.25, 0.3) is 0 Å². The van der Waals surface area contributed by atoms with Crippen LogP contribution in [0, 0.1) is 0 Å². The number of hydrogen-bond donors (Lipinski definition) is 1. The van der Waals surface area contributed by atoms with Crippen molar-refractivity contribution >= 4 is 0 Å². The van der Waals surface area contributed by atoms with E-state index in [9.17, 15) is 0 Å². The Kier molecular flexibility index (Phi) is 2.90. The molecule has 1 atom stereocenters. The maximum Gasteiger partial charge on any atom is 0.0827 e. The Morgan fingerprint density at radius 3 is 2.90 bits per heavy atom. The highest BCUT2D eigenvalue weighted by atomic mass is 16.5. The summed E-state index contributed by atoms with van der Waals surface area (Å²) in [5.74, 6) is 0. The molecule has 1 N–H and O–H groups in total. The van der Waals surface area contributed by atoms with Gasteiger partial charge in [0.1, 0.15) is 0 Å². The molecule has 1 rings (SSSR count). The highest BCUT2D eigenvalue weighted by Crippen LogP contribution is 2.05. The molecule has 1 heterocycles. The molecule has 58 valence electrons. The van der Waals surface area contributed by atoms with Gasteiger partial charge in [0.05, 0.1) is 12.2 Å². The molecule has 0 aromatic rings. The quantitative estimate of drug-likeness (QED) is 0.588. The molecule has 1 unspecified atom stereocenters. The number of hydrogen-bond acceptors (Lipinski definition) is 2. The summed E-state index contributed by atoms with van der Waals surface area (Å²) < 4.78 is 5.59. The van der Waals surface area contributed by atoms with E-state index in [-0.39, 0.29) is 0 Å². The maximum atomic E-state index is 5.59. The van der Waals surface area contributed by atoms with E-state index in [0.29, 0.717) is 12.2 Å². The van der Waals surface area contributed by atoms with E-state index >= 15 is 0 Å². The van der Waals surface area contributed by atoms with Gasteiger partial charge in [0, 0.05) is 13.1 Å². The first-order valence-electron chi connectivity index (χ1n) is 3.80. The van der Waals surface area contributed by atoms with Crippen LogP contribution in [-0.4, -0.2) is 25.3 Å². The van der Waals surface area contributed by atoms with E-state index in [4.69, 9.17) is 4.74 Å². The normalized spacial score (nSPS) is 21.7. The first kappa shape index (κ1) is 7.76. The minimum Gasteiger partial charge on any atom is -0.372 e. The third kappa shape index (κ3) is 2.12. The third-order valence-corrected chi connectivity index (χ3v) is 1.67. The first-order valence-corrected chi connectivity index (χ1v) is 3.80. The van der Waals surface area contributed by atoms with Gasteiger partial charge in [0.2, 0.25) is 0 Å². The molecule has 0 spiro atoms. The zero-order chi connectivity index (χ0) is 7.40. The summed E-state index contributed by atoms with van der Waals surface area (Å²) in [4.78, 5) is 0. The van der Waals surface area contributed by atoms with Gasteiger partial charge in [-0.15, -0.1) is 6.58 Å². The average Bonchev–Trinajstić information content (AvgIpc) is 1.80. The van der Waals surface area contributed by atoms with Gasteiger partial charge >= 0.3 is 0 Å². The van der Waals surface area contributed by atoms with Gasteiger partial charge in [0.25, 0.3) is 0 Å². The fourth-order valence-electron chi connectivity index (χ4n) is 0.977. The summed E-state index contributed by atoms with van der Waals surface area (Å²) in [6, 6.07) is 0. The summed E-state index contributed by atoms with van der Waals surface area (Å²) in [5.41, 5.74) is 0. The second kappa shape index (κ2) is 3.74. The van der Waals surface area contributed by atoms with Crippen LogP contribution in [-0.2, 0) is 4.74 Å². The van der Waals surface area contributed by atoms with Crippen LogP contribution in [0.4, 0.5) is 0 Å². The van der Waals surface area contributed by atoms with Gasteiger partial charge in [-0.3, -0.25) is 0 Å². The van der Waals surface area contributed by atoms with Crippen molar-refractivity contribution in [1.29, 1.82) is 0 Å². The molecule has 2 nitrogen and oxygen atoms in total. The minimum absolute atomic E-state index is 0.338. The number of ether oxygens (including phenoxy) is 1. The Balaban J connectivity index is 2.04. The van der Waals surface area contributed by atoms with Gasteiger partial charge in [-0.05, 0) is 13.3 Å². The van der Waals surface area contributed by atoms with Crippen molar-refractivity contribution in [2.75, 3.05) is 13.1 Å². The fourth-order valence-corrected chi connectivity index (χ4v) is 0.977. The van der Waals surface area contributed by atoms with Crippen molar-refractivity contribution < 1.29 is 4.74 Å². The molecule has 0 aliphatic carbocycles. The molecule has 1 aliphatic heterocycles. The molecule has 0 saturated carbocycles. The van der Waals surface area contributed by atoms with Crippen molar-refractivity contribution in [2.24, 2.45) is 0 Å². The van der Waals surface area contributed by atoms with Crippen LogP contribution in [0.3, 0.4) is 0 Å². The van der Waals surface area contributed by atoms with Gasteiger partial charge in [-0.25, -0.2) is 0 Å². The molecule has 0 bridgehead atoms. The molecule has 1 fully saturated rings. The highest BCUT2D eigenvalue weighted by molar-refractivity contribution is 4.78. The summed E-state index contributed by atoms with van der Waals surface area (Å²) in [5, 5.41) is 3.16. The topological polar surface area (TPSA) is 21.3 Å². The molecular weight excluding hydrogens is 126 g/mol. The van der Waals surface area contributed by atoms with Crippen molar-refractivity contribution in [1.82, 2.24) is 5.32 Å². The molecule has 0 amide bonds. The second-order valence-corrected chi connectivity index (χ2v) is 2.75. The molecule has 0 aromatic heterocycles. The van der Waals surface area contributed by atoms with E-state index in [1.807, 2.05) is 6.08 Å². The van der Waals surface area contributed by atoms with Crippen LogP contribution in [0.5, 0.6) is 0 Å². The van der Waals surface area contributed by atoms with E-state index in [2.05, 4.69) is 18.8 Å². The maximum absolute atomic E-state index is 5.59. The van der Waals surface area contributed by atoms with E-state index in [0.717, 1.165) is 19.5 Å². The van der Waals surface area contributed by atoms with E-state index in [1.54, 1.807) is 0 Å². The number of nitrogens with one attached hydrogen (secondary N) is 1. The van der Waals surface area contributed by atoms with Crippen LogP contribution in [0.2, 0.25) is 0 Å². The largest absolute Gasteiger partial charge is 0.372 e. The van der Waals surface area contributed by atoms with Crippen molar-refractivity contribution in [2.45, 2.75) is 25.6 Å². The van der Waals surface area contributed by atoms with Gasteiger partial charge < -0.3 is 10.1 Å². The lowest BCUT2D eigenvalue weighted by molar-refractivity contribution is -0.0270. The molecule has 1 saturated heterocycles. The Bertz CT molecular complexity index is 110. The van der Waals surface area contributed by atoms with E-state index < -0.39 is 0 Å². The SMILES string of the molecule is C=CCC(C)OC1CNC1. The first-order chi connectivity index (χ1) is 4.83. The minimum atomic E-state index is 0.338. The Morgan fingerprint density at radius 2 is 2.50 bits per heavy atom. The zero-order valence-electron chi connectivity index (χ0n) is 6.47. The molecule has 1 aliphatic rings. The third-order valence-electron chi connectivity index (χ3n) is 1.67. The lowest BCUT2D eigenvalue weighted by Gasteiger charge is -2.29. The predicted molar refractivity (Wildman–Crippen MR) is 42.0 cm³/mol. The molecule has 10 heavy (non-hydrogen) atoms. The zero-order valence-corrected chi connectivity index (χ0v) is 6.47. The van der Waals surface area contributed by atoms with Gasteiger partial charge in [-0.1, -0.05) is 6.08 Å². The summed E-state index contributed by atoms with van der Waals surface area (Å²) in [7, 11) is 0. The number of rotatable bonds is 4. The average molecular weight is 141 g/mol. The predicted octanol–water partition coefficient (Wildman–Crippen LogP) is 0.939. The van der Waals surface area contributed by atoms with Crippen LogP contribution in [0.15, 0.2) is 12.7 Å². The lowest BCUT2D eigenvalue weighted by Crippen LogP contribution is -2.49. The second-order valence-electron chi connectivity index (χ2n) is 2.75. The lowest BCUT2D eigenvalue weighted by atomic mass is 10.2. The Morgan fingerprint density at radius 1 is 1.80 bits per heavy atom. The monoisotopic (exact) mass is 141 g/mol. The van der Waals surface area contributed by atoms with Crippen molar-refractivity contribution in [3.8, 4) is 0 Å². The van der Waals surface area contributed by atoms with Crippen LogP contribution in [0.1, 0.15) is 13.3 Å². The summed E-state index contributed by atoms with van der Waals surface area (Å²) >= 11 is 0.